The second-order valence-corrected chi connectivity index (χ2v) is 8.33. The van der Waals surface area contributed by atoms with Gasteiger partial charge in [-0.05, 0) is 40.9 Å². The van der Waals surface area contributed by atoms with Gasteiger partial charge >= 0.3 is 0 Å². The average Bonchev–Trinajstić information content (AvgIpc) is 3.40. The van der Waals surface area contributed by atoms with Crippen LogP contribution < -0.4 is 10.1 Å². The number of hydrogen-bond donors (Lipinski definition) is 1. The molecule has 0 radical (unpaired) electrons. The number of fused-ring (bicyclic) bond motifs is 1. The molecular weight excluding hydrogens is 428 g/mol. The van der Waals surface area contributed by atoms with E-state index in [0.29, 0.717) is 18.8 Å². The third-order valence-electron chi connectivity index (χ3n) is 4.85. The maximum atomic E-state index is 12.9. The molecule has 0 bridgehead atoms. The molecule has 0 aliphatic carbocycles. The number of amides is 1. The van der Waals surface area contributed by atoms with E-state index in [1.807, 2.05) is 30.3 Å². The van der Waals surface area contributed by atoms with Gasteiger partial charge in [0.2, 0.25) is 0 Å². The predicted octanol–water partition coefficient (Wildman–Crippen LogP) is 4.43. The van der Waals surface area contributed by atoms with Crippen molar-refractivity contribution in [2.45, 2.75) is 25.5 Å². The zero-order valence-corrected chi connectivity index (χ0v) is 17.4. The van der Waals surface area contributed by atoms with Crippen LogP contribution in [0.25, 0.3) is 10.2 Å². The summed E-state index contributed by atoms with van der Waals surface area (Å²) in [6.45, 7) is 1.90. The van der Waals surface area contributed by atoms with E-state index in [-0.39, 0.29) is 12.0 Å². The SMILES string of the molecule is COc1ccccc1Cn1c(C(=O)NC[C@H]2CCCO2)cc2scc(Br)c21. The Hall–Kier alpha value is -1.83. The largest absolute Gasteiger partial charge is 0.496 e. The second kappa shape index (κ2) is 8.04. The Kier molecular flexibility index (Phi) is 5.52. The first-order valence-corrected chi connectivity index (χ1v) is 10.6. The molecule has 0 spiro atoms. The number of halogens is 1. The van der Waals surface area contributed by atoms with Crippen molar-refractivity contribution < 1.29 is 14.3 Å². The van der Waals surface area contributed by atoms with Gasteiger partial charge in [-0.15, -0.1) is 11.3 Å². The van der Waals surface area contributed by atoms with Gasteiger partial charge < -0.3 is 19.4 Å². The Morgan fingerprint density at radius 3 is 3.07 bits per heavy atom. The Bertz CT molecular complexity index is 959. The van der Waals surface area contributed by atoms with Crippen molar-refractivity contribution in [3.8, 4) is 5.75 Å². The molecule has 27 heavy (non-hydrogen) atoms. The number of rotatable bonds is 6. The van der Waals surface area contributed by atoms with Crippen LogP contribution in [0.2, 0.25) is 0 Å². The fourth-order valence-electron chi connectivity index (χ4n) is 3.49. The van der Waals surface area contributed by atoms with Gasteiger partial charge in [0.1, 0.15) is 11.4 Å². The molecule has 142 valence electrons. The van der Waals surface area contributed by atoms with E-state index >= 15 is 0 Å². The summed E-state index contributed by atoms with van der Waals surface area (Å²) in [5.41, 5.74) is 2.72. The van der Waals surface area contributed by atoms with Crippen molar-refractivity contribution in [2.24, 2.45) is 0 Å². The van der Waals surface area contributed by atoms with Crippen LogP contribution >= 0.6 is 27.3 Å². The zero-order chi connectivity index (χ0) is 18.8. The van der Waals surface area contributed by atoms with Crippen LogP contribution in [0, 0.1) is 0 Å². The monoisotopic (exact) mass is 448 g/mol. The fourth-order valence-corrected chi connectivity index (χ4v) is 5.18. The van der Waals surface area contributed by atoms with Crippen molar-refractivity contribution >= 4 is 43.4 Å². The summed E-state index contributed by atoms with van der Waals surface area (Å²) in [5, 5.41) is 5.09. The fraction of sp³-hybridized carbons (Fsp3) is 0.350. The van der Waals surface area contributed by atoms with Gasteiger partial charge in [0.15, 0.2) is 0 Å². The lowest BCUT2D eigenvalue weighted by Gasteiger charge is -2.15. The highest BCUT2D eigenvalue weighted by Crippen LogP contribution is 2.34. The second-order valence-electron chi connectivity index (χ2n) is 6.57. The molecule has 1 atom stereocenters. The summed E-state index contributed by atoms with van der Waals surface area (Å²) in [6.07, 6.45) is 2.19. The van der Waals surface area contributed by atoms with Gasteiger partial charge in [-0.2, -0.15) is 0 Å². The summed E-state index contributed by atoms with van der Waals surface area (Å²) in [5.74, 6) is 0.743. The third-order valence-corrected chi connectivity index (χ3v) is 6.67. The van der Waals surface area contributed by atoms with Gasteiger partial charge in [0.25, 0.3) is 5.91 Å². The zero-order valence-electron chi connectivity index (χ0n) is 15.0. The van der Waals surface area contributed by atoms with Crippen molar-refractivity contribution in [2.75, 3.05) is 20.3 Å². The molecule has 1 aromatic carbocycles. The minimum atomic E-state index is -0.0734. The number of methoxy groups -OCH3 is 1. The predicted molar refractivity (Wildman–Crippen MR) is 111 cm³/mol. The van der Waals surface area contributed by atoms with Gasteiger partial charge in [-0.3, -0.25) is 4.79 Å². The third kappa shape index (κ3) is 3.77. The standard InChI is InChI=1S/C20H21BrN2O3S/c1-25-17-7-3-2-5-13(17)11-23-16(9-18-19(23)15(21)12-27-18)20(24)22-10-14-6-4-8-26-14/h2-3,5,7,9,12,14H,4,6,8,10-11H2,1H3,(H,22,24)/t14-/m1/s1. The summed E-state index contributed by atoms with van der Waals surface area (Å²) in [6, 6.07) is 9.86. The highest BCUT2D eigenvalue weighted by atomic mass is 79.9. The maximum absolute atomic E-state index is 12.9. The normalized spacial score (nSPS) is 16.7. The molecule has 1 saturated heterocycles. The number of nitrogens with one attached hydrogen (secondary N) is 1. The molecule has 4 rings (SSSR count). The molecule has 3 heterocycles. The number of para-hydroxylation sites is 1. The number of thiophene rings is 1. The first-order chi connectivity index (χ1) is 13.2. The Labute approximate surface area is 170 Å². The lowest BCUT2D eigenvalue weighted by molar-refractivity contribution is 0.0851. The quantitative estimate of drug-likeness (QED) is 0.606. The summed E-state index contributed by atoms with van der Waals surface area (Å²) in [4.78, 5) is 12.9. The molecule has 2 aromatic heterocycles. The van der Waals surface area contributed by atoms with Crippen molar-refractivity contribution in [3.63, 3.8) is 0 Å². The first-order valence-electron chi connectivity index (χ1n) is 8.95. The lowest BCUT2D eigenvalue weighted by atomic mass is 10.2. The summed E-state index contributed by atoms with van der Waals surface area (Å²) < 4.78 is 15.2. The minimum absolute atomic E-state index is 0.0734. The number of nitrogens with zero attached hydrogens (tertiary/aromatic N) is 1. The molecule has 0 unspecified atom stereocenters. The van der Waals surface area contributed by atoms with E-state index in [1.54, 1.807) is 18.4 Å². The van der Waals surface area contributed by atoms with Crippen LogP contribution in [0.1, 0.15) is 28.9 Å². The van der Waals surface area contributed by atoms with Gasteiger partial charge in [0.05, 0.1) is 34.4 Å². The number of benzene rings is 1. The van der Waals surface area contributed by atoms with E-state index in [4.69, 9.17) is 9.47 Å². The van der Waals surface area contributed by atoms with Crippen LogP contribution in [0.5, 0.6) is 5.75 Å². The van der Waals surface area contributed by atoms with Crippen LogP contribution in [-0.4, -0.2) is 36.8 Å². The lowest BCUT2D eigenvalue weighted by Crippen LogP contribution is -2.33. The molecule has 0 saturated carbocycles. The summed E-state index contributed by atoms with van der Waals surface area (Å²) >= 11 is 5.26. The van der Waals surface area contributed by atoms with Crippen LogP contribution in [0.15, 0.2) is 40.2 Å². The molecule has 1 fully saturated rings. The Balaban J connectivity index is 1.66. The maximum Gasteiger partial charge on any atom is 0.268 e. The van der Waals surface area contributed by atoms with Crippen LogP contribution in [-0.2, 0) is 11.3 Å². The van der Waals surface area contributed by atoms with Crippen LogP contribution in [0.4, 0.5) is 0 Å². The first kappa shape index (κ1) is 18.5. The van der Waals surface area contributed by atoms with Gasteiger partial charge in [-0.25, -0.2) is 0 Å². The van der Waals surface area contributed by atoms with E-state index < -0.39 is 0 Å². The van der Waals surface area contributed by atoms with E-state index in [1.165, 1.54) is 0 Å². The Morgan fingerprint density at radius 1 is 1.44 bits per heavy atom. The number of carbonyl (C=O) groups excluding carboxylic acids is 1. The molecule has 1 amide bonds. The number of ether oxygens (including phenoxy) is 2. The molecule has 3 aromatic rings. The smallest absolute Gasteiger partial charge is 0.268 e. The molecule has 5 nitrogen and oxygen atoms in total. The Morgan fingerprint density at radius 2 is 2.30 bits per heavy atom. The molecule has 1 aliphatic heterocycles. The topological polar surface area (TPSA) is 52.5 Å². The number of carbonyl (C=O) groups is 1. The van der Waals surface area contributed by atoms with Gasteiger partial charge in [0, 0.05) is 24.1 Å². The molecular formula is C20H21BrN2O3S. The highest BCUT2D eigenvalue weighted by molar-refractivity contribution is 9.10. The highest BCUT2D eigenvalue weighted by Gasteiger charge is 2.22. The van der Waals surface area contributed by atoms with Crippen molar-refractivity contribution in [1.82, 2.24) is 9.88 Å². The molecule has 1 N–H and O–H groups in total. The average molecular weight is 449 g/mol. The minimum Gasteiger partial charge on any atom is -0.496 e. The number of hydrogen-bond acceptors (Lipinski definition) is 4. The van der Waals surface area contributed by atoms with E-state index in [2.05, 4.69) is 31.2 Å². The summed E-state index contributed by atoms with van der Waals surface area (Å²) in [7, 11) is 1.67. The van der Waals surface area contributed by atoms with Crippen molar-refractivity contribution in [1.29, 1.82) is 0 Å². The molecule has 7 heteroatoms. The molecule has 1 aliphatic rings. The number of aromatic nitrogens is 1. The van der Waals surface area contributed by atoms with Gasteiger partial charge in [-0.1, -0.05) is 18.2 Å². The van der Waals surface area contributed by atoms with Crippen LogP contribution in [0.3, 0.4) is 0 Å². The van der Waals surface area contributed by atoms with Crippen molar-refractivity contribution in [3.05, 3.63) is 51.4 Å². The van der Waals surface area contributed by atoms with E-state index in [0.717, 1.165) is 45.5 Å². The van der Waals surface area contributed by atoms with E-state index in [9.17, 15) is 4.79 Å².